The number of ether oxygens (including phenoxy) is 1. The van der Waals surface area contributed by atoms with Crippen LogP contribution in [0.5, 0.6) is 0 Å². The molecule has 3 heterocycles. The van der Waals surface area contributed by atoms with E-state index in [4.69, 9.17) is 27.9 Å². The fourth-order valence-corrected chi connectivity index (χ4v) is 6.32. The molecule has 6 rings (SSSR count). The Morgan fingerprint density at radius 3 is 2.39 bits per heavy atom. The number of rotatable bonds is 5. The molecule has 3 aromatic carbocycles. The Bertz CT molecular complexity index is 1640. The van der Waals surface area contributed by atoms with Crippen LogP contribution in [-0.4, -0.2) is 64.5 Å². The summed E-state index contributed by atoms with van der Waals surface area (Å²) in [5.74, 6) is -1.16. The third-order valence-corrected chi connectivity index (χ3v) is 8.33. The van der Waals surface area contributed by atoms with E-state index >= 15 is 0 Å². The van der Waals surface area contributed by atoms with Crippen LogP contribution >= 0.6 is 23.2 Å². The number of anilines is 1. The Hall–Kier alpha value is -3.85. The smallest absolute Gasteiger partial charge is 0.337 e. The van der Waals surface area contributed by atoms with Gasteiger partial charge in [0.25, 0.3) is 5.91 Å². The summed E-state index contributed by atoms with van der Waals surface area (Å²) in [6.07, 6.45) is 4.23. The third kappa shape index (κ3) is 5.30. The average molecular weight is 591 g/mol. The van der Waals surface area contributed by atoms with Gasteiger partial charge >= 0.3 is 5.97 Å². The monoisotopic (exact) mass is 590 g/mol. The van der Waals surface area contributed by atoms with Gasteiger partial charge in [-0.05, 0) is 58.5 Å². The Kier molecular flexibility index (Phi) is 7.46. The first kappa shape index (κ1) is 27.3. The zero-order valence-corrected chi connectivity index (χ0v) is 24.0. The van der Waals surface area contributed by atoms with Crippen molar-refractivity contribution in [3.05, 3.63) is 93.2 Å². The molecule has 0 saturated carbocycles. The van der Waals surface area contributed by atoms with Gasteiger partial charge in [-0.3, -0.25) is 9.48 Å². The lowest BCUT2D eigenvalue weighted by atomic mass is 9.89. The molecule has 10 heteroatoms. The van der Waals surface area contributed by atoms with Crippen LogP contribution in [-0.2, 0) is 24.8 Å². The highest BCUT2D eigenvalue weighted by atomic mass is 35.5. The van der Waals surface area contributed by atoms with E-state index < -0.39 is 5.97 Å². The number of hydrogen-bond acceptors (Lipinski definition) is 5. The molecule has 2 aliphatic heterocycles. The predicted molar refractivity (Wildman–Crippen MR) is 159 cm³/mol. The van der Waals surface area contributed by atoms with Crippen LogP contribution in [0.1, 0.15) is 31.8 Å². The summed E-state index contributed by atoms with van der Waals surface area (Å²) in [5, 5.41) is 14.6. The molecule has 41 heavy (non-hydrogen) atoms. The molecule has 0 spiro atoms. The zero-order chi connectivity index (χ0) is 28.7. The quantitative estimate of drug-likeness (QED) is 0.316. The summed E-state index contributed by atoms with van der Waals surface area (Å²) >= 11 is 13.2. The molecule has 0 aliphatic carbocycles. The van der Waals surface area contributed by atoms with Gasteiger partial charge < -0.3 is 19.6 Å². The Morgan fingerprint density at radius 2 is 1.71 bits per heavy atom. The van der Waals surface area contributed by atoms with Crippen molar-refractivity contribution in [2.45, 2.75) is 13.0 Å². The summed E-state index contributed by atoms with van der Waals surface area (Å²) in [7, 11) is 1.83. The number of halogens is 2. The SMILES string of the molecule is Cn1cc(-c2cc(Cl)c(C(=O)N3CCc4c(cccc4-c4ccc(C(=O)O)c(N5CCOCC5)c4)C3)c(Cl)c2)cn1. The first-order valence-electron chi connectivity index (χ1n) is 13.4. The van der Waals surface area contributed by atoms with E-state index in [1.165, 1.54) is 0 Å². The first-order valence-corrected chi connectivity index (χ1v) is 14.1. The van der Waals surface area contributed by atoms with Gasteiger partial charge in [0.2, 0.25) is 0 Å². The van der Waals surface area contributed by atoms with Gasteiger partial charge in [0.05, 0.1) is 46.3 Å². The standard InChI is InChI=1S/C31H28Cl2N4O4/c1-35-17-22(16-34-35)21-13-26(32)29(27(33)14-21)30(38)37-8-7-24-20(18-37)3-2-4-23(24)19-5-6-25(31(39)40)28(15-19)36-9-11-41-12-10-36/h2-6,13-17H,7-12,18H2,1H3,(H,39,40). The highest BCUT2D eigenvalue weighted by Crippen LogP contribution is 2.37. The number of nitrogens with zero attached hydrogens (tertiary/aromatic N) is 4. The lowest BCUT2D eigenvalue weighted by Gasteiger charge is -2.32. The number of aromatic carboxylic acids is 1. The van der Waals surface area contributed by atoms with Crippen molar-refractivity contribution in [1.82, 2.24) is 14.7 Å². The molecule has 1 fully saturated rings. The molecular formula is C31H28Cl2N4O4. The number of carboxylic acids is 1. The molecule has 2 aliphatic rings. The number of morpholine rings is 1. The van der Waals surface area contributed by atoms with Crippen molar-refractivity contribution < 1.29 is 19.4 Å². The van der Waals surface area contributed by atoms with Crippen molar-refractivity contribution >= 4 is 40.8 Å². The lowest BCUT2D eigenvalue weighted by molar-refractivity contribution is 0.0694. The predicted octanol–water partition coefficient (Wildman–Crippen LogP) is 5.79. The second kappa shape index (κ2) is 11.2. The Labute approximate surface area is 247 Å². The number of carboxylic acid groups (broad SMARTS) is 1. The average Bonchev–Trinajstić information content (AvgIpc) is 3.42. The van der Waals surface area contributed by atoms with Gasteiger partial charge in [0.1, 0.15) is 0 Å². The fraction of sp³-hybridized carbons (Fsp3) is 0.258. The molecule has 0 unspecified atom stereocenters. The van der Waals surface area contributed by atoms with E-state index in [-0.39, 0.29) is 11.5 Å². The highest BCUT2D eigenvalue weighted by Gasteiger charge is 2.28. The van der Waals surface area contributed by atoms with Crippen LogP contribution in [0.3, 0.4) is 0 Å². The normalized spacial score (nSPS) is 15.1. The molecular weight excluding hydrogens is 563 g/mol. The van der Waals surface area contributed by atoms with Gasteiger partial charge in [-0.1, -0.05) is 47.5 Å². The number of carbonyl (C=O) groups excluding carboxylic acids is 1. The second-order valence-corrected chi connectivity index (χ2v) is 11.1. The maximum Gasteiger partial charge on any atom is 0.337 e. The largest absolute Gasteiger partial charge is 0.478 e. The van der Waals surface area contributed by atoms with E-state index in [2.05, 4.69) is 16.1 Å². The molecule has 8 nitrogen and oxygen atoms in total. The van der Waals surface area contributed by atoms with Gasteiger partial charge in [-0.25, -0.2) is 4.79 Å². The van der Waals surface area contributed by atoms with Crippen molar-refractivity contribution in [3.63, 3.8) is 0 Å². The van der Waals surface area contributed by atoms with Gasteiger partial charge in [0.15, 0.2) is 0 Å². The van der Waals surface area contributed by atoms with Crippen LogP contribution in [0.4, 0.5) is 5.69 Å². The minimum absolute atomic E-state index is 0.214. The number of aryl methyl sites for hydroxylation is 1. The molecule has 0 bridgehead atoms. The molecule has 1 N–H and O–H groups in total. The fourth-order valence-electron chi connectivity index (χ4n) is 5.67. The van der Waals surface area contributed by atoms with Crippen molar-refractivity contribution in [2.75, 3.05) is 37.7 Å². The molecule has 1 aromatic heterocycles. The van der Waals surface area contributed by atoms with Gasteiger partial charge in [0, 0.05) is 45.0 Å². The van der Waals surface area contributed by atoms with Gasteiger partial charge in [-0.15, -0.1) is 0 Å². The topological polar surface area (TPSA) is 87.9 Å². The van der Waals surface area contributed by atoms with E-state index in [9.17, 15) is 14.7 Å². The van der Waals surface area contributed by atoms with Crippen LogP contribution in [0.2, 0.25) is 10.0 Å². The molecule has 1 amide bonds. The minimum Gasteiger partial charge on any atom is -0.478 e. The lowest BCUT2D eigenvalue weighted by Crippen LogP contribution is -2.37. The van der Waals surface area contributed by atoms with Crippen LogP contribution in [0, 0.1) is 0 Å². The van der Waals surface area contributed by atoms with Gasteiger partial charge in [-0.2, -0.15) is 5.10 Å². The number of carbonyl (C=O) groups is 2. The number of amides is 1. The Morgan fingerprint density at radius 1 is 0.951 bits per heavy atom. The van der Waals surface area contributed by atoms with E-state index in [1.807, 2.05) is 37.5 Å². The molecule has 0 radical (unpaired) electrons. The third-order valence-electron chi connectivity index (χ3n) is 7.74. The molecule has 1 saturated heterocycles. The maximum atomic E-state index is 13.6. The number of aromatic nitrogens is 2. The minimum atomic E-state index is -0.951. The van der Waals surface area contributed by atoms with E-state index in [0.717, 1.165) is 33.4 Å². The summed E-state index contributed by atoms with van der Waals surface area (Å²) in [6.45, 7) is 3.33. The van der Waals surface area contributed by atoms with Crippen LogP contribution in [0.25, 0.3) is 22.3 Å². The summed E-state index contributed by atoms with van der Waals surface area (Å²) in [5.41, 5.74) is 7.10. The maximum absolute atomic E-state index is 13.6. The highest BCUT2D eigenvalue weighted by molar-refractivity contribution is 6.40. The van der Waals surface area contributed by atoms with Crippen LogP contribution in [0.15, 0.2) is 60.9 Å². The molecule has 210 valence electrons. The number of hydrogen-bond donors (Lipinski definition) is 1. The molecule has 0 atom stereocenters. The first-order chi connectivity index (χ1) is 19.8. The summed E-state index contributed by atoms with van der Waals surface area (Å²) in [4.78, 5) is 29.5. The Balaban J connectivity index is 1.28. The van der Waals surface area contributed by atoms with E-state index in [0.29, 0.717) is 67.1 Å². The van der Waals surface area contributed by atoms with Crippen molar-refractivity contribution in [3.8, 4) is 22.3 Å². The zero-order valence-electron chi connectivity index (χ0n) is 22.4. The van der Waals surface area contributed by atoms with Crippen molar-refractivity contribution in [2.24, 2.45) is 7.05 Å². The van der Waals surface area contributed by atoms with Crippen molar-refractivity contribution in [1.29, 1.82) is 0 Å². The van der Waals surface area contributed by atoms with E-state index in [1.54, 1.807) is 34.0 Å². The van der Waals surface area contributed by atoms with Crippen LogP contribution < -0.4 is 4.90 Å². The number of benzene rings is 3. The summed E-state index contributed by atoms with van der Waals surface area (Å²) < 4.78 is 7.17. The molecule has 4 aromatic rings. The summed E-state index contributed by atoms with van der Waals surface area (Å²) in [6, 6.07) is 15.1. The second-order valence-electron chi connectivity index (χ2n) is 10.3. The number of fused-ring (bicyclic) bond motifs is 1.